The number of halogens is 1. The van der Waals surface area contributed by atoms with Crippen LogP contribution in [0.3, 0.4) is 0 Å². The van der Waals surface area contributed by atoms with E-state index in [4.69, 9.17) is 0 Å². The third kappa shape index (κ3) is 4.14. The number of esters is 1. The van der Waals surface area contributed by atoms with E-state index in [1.807, 2.05) is 13.8 Å². The zero-order chi connectivity index (χ0) is 12.1. The van der Waals surface area contributed by atoms with E-state index < -0.39 is 24.3 Å². The van der Waals surface area contributed by atoms with Crippen LogP contribution in [0.2, 0.25) is 0 Å². The molecule has 0 amide bonds. The topological polar surface area (TPSA) is 64.6 Å². The van der Waals surface area contributed by atoms with E-state index in [9.17, 15) is 14.0 Å². The van der Waals surface area contributed by atoms with Crippen LogP contribution in [-0.2, 0) is 14.3 Å². The van der Waals surface area contributed by atoms with Gasteiger partial charge in [0, 0.05) is 13.0 Å². The predicted molar refractivity (Wildman–Crippen MR) is 53.6 cm³/mol. The molecule has 1 rings (SSSR count). The summed E-state index contributed by atoms with van der Waals surface area (Å²) in [7, 11) is 0. The van der Waals surface area contributed by atoms with Gasteiger partial charge >= 0.3 is 12.1 Å². The fraction of sp³-hybridized carbons (Fsp3) is 0.800. The molecular formula is C10H16FNO4. The molecule has 6 heteroatoms. The maximum atomic E-state index is 12.7. The molecule has 1 aliphatic rings. The van der Waals surface area contributed by atoms with E-state index in [0.717, 1.165) is 0 Å². The monoisotopic (exact) mass is 233 g/mol. The summed E-state index contributed by atoms with van der Waals surface area (Å²) in [6.07, 6.45) is -2.05. The average Bonchev–Trinajstić information content (AvgIpc) is 2.62. The molecule has 0 aromatic heterocycles. The molecule has 1 saturated heterocycles. The highest BCUT2D eigenvalue weighted by molar-refractivity contribution is 5.85. The normalized spacial score (nSPS) is 24.5. The minimum atomic E-state index is -1.07. The van der Waals surface area contributed by atoms with Crippen molar-refractivity contribution in [3.63, 3.8) is 0 Å². The molecule has 0 aliphatic carbocycles. The first kappa shape index (κ1) is 12.9. The van der Waals surface area contributed by atoms with Crippen molar-refractivity contribution in [1.82, 2.24) is 5.32 Å². The number of rotatable bonds is 3. The Labute approximate surface area is 93.3 Å². The second-order valence-electron chi connectivity index (χ2n) is 4.17. The molecule has 1 aliphatic heterocycles. The molecule has 0 saturated carbocycles. The molecule has 1 fully saturated rings. The zero-order valence-corrected chi connectivity index (χ0v) is 9.36. The van der Waals surface area contributed by atoms with Crippen molar-refractivity contribution in [2.45, 2.75) is 32.5 Å². The van der Waals surface area contributed by atoms with Crippen LogP contribution in [-0.4, -0.2) is 37.5 Å². The molecule has 0 aromatic rings. The first-order valence-corrected chi connectivity index (χ1v) is 5.25. The highest BCUT2D eigenvalue weighted by atomic mass is 19.1. The number of ether oxygens (including phenoxy) is 2. The van der Waals surface area contributed by atoms with Crippen molar-refractivity contribution in [3.8, 4) is 0 Å². The van der Waals surface area contributed by atoms with Crippen molar-refractivity contribution in [2.24, 2.45) is 5.92 Å². The molecule has 92 valence electrons. The summed E-state index contributed by atoms with van der Waals surface area (Å²) in [5.41, 5.74) is 0. The summed E-state index contributed by atoms with van der Waals surface area (Å²) in [6, 6.07) is -0.749. The maximum Gasteiger partial charge on any atom is 0.516 e. The van der Waals surface area contributed by atoms with Crippen LogP contribution in [0.4, 0.5) is 9.18 Å². The molecule has 0 aromatic carbocycles. The quantitative estimate of drug-likeness (QED) is 0.582. The van der Waals surface area contributed by atoms with E-state index >= 15 is 0 Å². The van der Waals surface area contributed by atoms with Gasteiger partial charge in [0.1, 0.15) is 12.2 Å². The van der Waals surface area contributed by atoms with E-state index in [1.165, 1.54) is 0 Å². The Morgan fingerprint density at radius 3 is 2.69 bits per heavy atom. The number of hydrogen-bond donors (Lipinski definition) is 1. The Morgan fingerprint density at radius 2 is 2.19 bits per heavy atom. The second kappa shape index (κ2) is 5.79. The number of alkyl halides is 1. The molecular weight excluding hydrogens is 217 g/mol. The summed E-state index contributed by atoms with van der Waals surface area (Å²) >= 11 is 0. The SMILES string of the molecule is CC(C)COC(=O)OC(=O)C1CC(F)CN1. The molecule has 2 atom stereocenters. The van der Waals surface area contributed by atoms with Crippen molar-refractivity contribution in [2.75, 3.05) is 13.2 Å². The Hall–Kier alpha value is -1.17. The first-order valence-electron chi connectivity index (χ1n) is 5.25. The lowest BCUT2D eigenvalue weighted by atomic mass is 10.2. The Kier molecular flexibility index (Phi) is 4.67. The van der Waals surface area contributed by atoms with Gasteiger partial charge in [0.15, 0.2) is 0 Å². The zero-order valence-electron chi connectivity index (χ0n) is 9.36. The smallest absolute Gasteiger partial charge is 0.434 e. The highest BCUT2D eigenvalue weighted by Gasteiger charge is 2.32. The Balaban J connectivity index is 2.26. The second-order valence-corrected chi connectivity index (χ2v) is 4.17. The van der Waals surface area contributed by atoms with Crippen LogP contribution in [0.5, 0.6) is 0 Å². The van der Waals surface area contributed by atoms with Crippen LogP contribution in [0.1, 0.15) is 20.3 Å². The van der Waals surface area contributed by atoms with Crippen LogP contribution in [0.25, 0.3) is 0 Å². The summed E-state index contributed by atoms with van der Waals surface area (Å²) in [4.78, 5) is 22.3. The van der Waals surface area contributed by atoms with Gasteiger partial charge < -0.3 is 14.8 Å². The van der Waals surface area contributed by atoms with E-state index in [-0.39, 0.29) is 25.5 Å². The standard InChI is InChI=1S/C10H16FNO4/c1-6(2)5-15-10(14)16-9(13)8-3-7(11)4-12-8/h6-8,12H,3-5H2,1-2H3. The summed E-state index contributed by atoms with van der Waals surface area (Å²) in [6.45, 7) is 4.03. The Morgan fingerprint density at radius 1 is 1.50 bits per heavy atom. The van der Waals surface area contributed by atoms with Crippen molar-refractivity contribution in [3.05, 3.63) is 0 Å². The molecule has 1 heterocycles. The van der Waals surface area contributed by atoms with Gasteiger partial charge in [-0.05, 0) is 5.92 Å². The first-order chi connectivity index (χ1) is 7.49. The van der Waals surface area contributed by atoms with E-state index in [1.54, 1.807) is 0 Å². The van der Waals surface area contributed by atoms with Gasteiger partial charge in [-0.3, -0.25) is 0 Å². The lowest BCUT2D eigenvalue weighted by Gasteiger charge is -2.09. The largest absolute Gasteiger partial charge is 0.516 e. The third-order valence-electron chi connectivity index (χ3n) is 2.08. The fourth-order valence-corrected chi connectivity index (χ4v) is 1.29. The summed E-state index contributed by atoms with van der Waals surface area (Å²) in [5, 5.41) is 2.62. The lowest BCUT2D eigenvalue weighted by Crippen LogP contribution is -2.34. The average molecular weight is 233 g/mol. The molecule has 0 spiro atoms. The van der Waals surface area contributed by atoms with Gasteiger partial charge in [-0.2, -0.15) is 0 Å². The highest BCUT2D eigenvalue weighted by Crippen LogP contribution is 2.11. The molecule has 0 radical (unpaired) electrons. The van der Waals surface area contributed by atoms with E-state index in [2.05, 4.69) is 14.8 Å². The minimum absolute atomic E-state index is 0.0380. The molecule has 1 N–H and O–H groups in total. The molecule has 16 heavy (non-hydrogen) atoms. The van der Waals surface area contributed by atoms with Crippen molar-refractivity contribution < 1.29 is 23.5 Å². The van der Waals surface area contributed by atoms with Crippen LogP contribution >= 0.6 is 0 Å². The van der Waals surface area contributed by atoms with Gasteiger partial charge in [0.05, 0.1) is 6.61 Å². The molecule has 2 unspecified atom stereocenters. The number of carbonyl (C=O) groups excluding carboxylic acids is 2. The number of nitrogens with one attached hydrogen (secondary N) is 1. The Bertz CT molecular complexity index is 270. The predicted octanol–water partition coefficient (Wildman–Crippen LogP) is 1.02. The van der Waals surface area contributed by atoms with Crippen molar-refractivity contribution in [1.29, 1.82) is 0 Å². The van der Waals surface area contributed by atoms with Crippen LogP contribution in [0.15, 0.2) is 0 Å². The maximum absolute atomic E-state index is 12.7. The minimum Gasteiger partial charge on any atom is -0.434 e. The fourth-order valence-electron chi connectivity index (χ4n) is 1.29. The summed E-state index contributed by atoms with van der Waals surface area (Å²) < 4.78 is 21.8. The van der Waals surface area contributed by atoms with Gasteiger partial charge in [-0.15, -0.1) is 0 Å². The van der Waals surface area contributed by atoms with Gasteiger partial charge in [0.2, 0.25) is 0 Å². The van der Waals surface area contributed by atoms with Gasteiger partial charge in [-0.1, -0.05) is 13.8 Å². The lowest BCUT2D eigenvalue weighted by molar-refractivity contribution is -0.142. The van der Waals surface area contributed by atoms with Crippen LogP contribution < -0.4 is 5.32 Å². The van der Waals surface area contributed by atoms with Gasteiger partial charge in [0.25, 0.3) is 0 Å². The van der Waals surface area contributed by atoms with Crippen LogP contribution in [0, 0.1) is 5.92 Å². The molecule has 5 nitrogen and oxygen atoms in total. The third-order valence-corrected chi connectivity index (χ3v) is 2.08. The summed E-state index contributed by atoms with van der Waals surface area (Å²) in [5.74, 6) is -0.614. The molecule has 0 bridgehead atoms. The van der Waals surface area contributed by atoms with E-state index in [0.29, 0.717) is 0 Å². The van der Waals surface area contributed by atoms with Crippen molar-refractivity contribution >= 4 is 12.1 Å². The van der Waals surface area contributed by atoms with Gasteiger partial charge in [-0.25, -0.2) is 14.0 Å². The number of hydrogen-bond acceptors (Lipinski definition) is 5. The number of carbonyl (C=O) groups is 2.